The van der Waals surface area contributed by atoms with E-state index in [1.54, 1.807) is 26.4 Å². The zero-order valence-electron chi connectivity index (χ0n) is 17.9. The molecule has 1 aliphatic heterocycles. The first kappa shape index (κ1) is 19.7. The van der Waals surface area contributed by atoms with E-state index in [-0.39, 0.29) is 5.82 Å². The molecule has 1 fully saturated rings. The van der Waals surface area contributed by atoms with Crippen molar-refractivity contribution in [1.82, 2.24) is 4.98 Å². The van der Waals surface area contributed by atoms with Gasteiger partial charge >= 0.3 is 0 Å². The normalized spacial score (nSPS) is 16.2. The maximum absolute atomic E-state index is 14.1. The quantitative estimate of drug-likeness (QED) is 0.657. The highest BCUT2D eigenvalue weighted by Gasteiger charge is 2.26. The van der Waals surface area contributed by atoms with E-state index in [1.165, 1.54) is 16.9 Å². The van der Waals surface area contributed by atoms with Crippen LogP contribution in [0.1, 0.15) is 30.5 Å². The summed E-state index contributed by atoms with van der Waals surface area (Å²) in [7, 11) is 3.31. The van der Waals surface area contributed by atoms with Crippen LogP contribution in [0, 0.1) is 17.9 Å². The van der Waals surface area contributed by atoms with Gasteiger partial charge in [-0.1, -0.05) is 6.07 Å². The van der Waals surface area contributed by atoms with E-state index in [0.717, 1.165) is 56.1 Å². The number of benzene rings is 1. The molecule has 1 saturated heterocycles. The number of hydrogen-bond acceptors (Lipinski definition) is 5. The predicted molar refractivity (Wildman–Crippen MR) is 120 cm³/mol. The molecule has 0 saturated carbocycles. The number of ether oxygens (including phenoxy) is 2. The molecule has 2 aromatic carbocycles. The smallest absolute Gasteiger partial charge is 0.196 e. The Bertz CT molecular complexity index is 1110. The van der Waals surface area contributed by atoms with Gasteiger partial charge < -0.3 is 19.7 Å². The molecule has 1 aromatic heterocycles. The molecule has 5 nitrogen and oxygen atoms in total. The number of fused-ring (bicyclic) bond motifs is 2. The van der Waals surface area contributed by atoms with Gasteiger partial charge in [-0.2, -0.15) is 4.39 Å². The molecule has 160 valence electrons. The van der Waals surface area contributed by atoms with Crippen molar-refractivity contribution in [2.75, 3.05) is 37.5 Å². The van der Waals surface area contributed by atoms with Crippen molar-refractivity contribution in [1.29, 1.82) is 0 Å². The molecule has 3 aromatic rings. The summed E-state index contributed by atoms with van der Waals surface area (Å²) in [5.41, 5.74) is 5.21. The molecule has 0 atom stereocenters. The summed E-state index contributed by atoms with van der Waals surface area (Å²) in [6.07, 6.45) is 5.04. The third-order valence-electron chi connectivity index (χ3n) is 6.43. The van der Waals surface area contributed by atoms with E-state index in [1.807, 2.05) is 12.1 Å². The van der Waals surface area contributed by atoms with Crippen LogP contribution >= 0.6 is 0 Å². The molecule has 6 heteroatoms. The lowest BCUT2D eigenvalue weighted by atomic mass is 10.0. The van der Waals surface area contributed by atoms with Gasteiger partial charge in [0.2, 0.25) is 0 Å². The maximum atomic E-state index is 14.1. The second-order valence-corrected chi connectivity index (χ2v) is 8.20. The number of rotatable bonds is 5. The lowest BCUT2D eigenvalue weighted by Crippen LogP contribution is -2.39. The first-order valence-corrected chi connectivity index (χ1v) is 10.8. The first-order valence-electron chi connectivity index (χ1n) is 10.8. The Morgan fingerprint density at radius 3 is 2.65 bits per heavy atom. The zero-order chi connectivity index (χ0) is 21.4. The molecule has 1 aliphatic carbocycles. The summed E-state index contributed by atoms with van der Waals surface area (Å²) >= 11 is 0. The molecule has 31 heavy (non-hydrogen) atoms. The number of methoxy groups -OCH3 is 2. The SMILES string of the molecule is COc1cc2nc3c(c(NC4CCN(c5ccc#cc5F)CC4)c2cc1OC)CCC3. The Labute approximate surface area is 182 Å². The Balaban J connectivity index is 1.43. The van der Waals surface area contributed by atoms with E-state index >= 15 is 0 Å². The largest absolute Gasteiger partial charge is 0.493 e. The first-order chi connectivity index (χ1) is 15.2. The van der Waals surface area contributed by atoms with Crippen molar-refractivity contribution in [2.24, 2.45) is 0 Å². The summed E-state index contributed by atoms with van der Waals surface area (Å²) in [5, 5.41) is 4.90. The third kappa shape index (κ3) is 3.59. The minimum absolute atomic E-state index is 0.321. The fourth-order valence-electron chi connectivity index (χ4n) is 4.83. The highest BCUT2D eigenvalue weighted by atomic mass is 19.1. The summed E-state index contributed by atoms with van der Waals surface area (Å²) in [4.78, 5) is 7.02. The van der Waals surface area contributed by atoms with Gasteiger partial charge in [-0.3, -0.25) is 4.98 Å². The Hall–Kier alpha value is -3.20. The average molecular weight is 420 g/mol. The molecule has 0 radical (unpaired) electrons. The van der Waals surface area contributed by atoms with Crippen LogP contribution in [0.4, 0.5) is 15.8 Å². The van der Waals surface area contributed by atoms with Crippen LogP contribution in [0.25, 0.3) is 10.9 Å². The number of halogens is 1. The van der Waals surface area contributed by atoms with E-state index in [9.17, 15) is 4.39 Å². The summed E-state index contributed by atoms with van der Waals surface area (Å²) in [6.45, 7) is 1.60. The lowest BCUT2D eigenvalue weighted by molar-refractivity contribution is 0.356. The van der Waals surface area contributed by atoms with Gasteiger partial charge in [0, 0.05) is 42.0 Å². The molecule has 2 heterocycles. The van der Waals surface area contributed by atoms with Crippen molar-refractivity contribution in [2.45, 2.75) is 38.1 Å². The predicted octanol–water partition coefficient (Wildman–Crippen LogP) is 4.56. The second-order valence-electron chi connectivity index (χ2n) is 8.20. The lowest BCUT2D eigenvalue weighted by Gasteiger charge is -2.34. The van der Waals surface area contributed by atoms with Gasteiger partial charge in [-0.15, -0.1) is 0 Å². The van der Waals surface area contributed by atoms with Crippen molar-refractivity contribution < 1.29 is 13.9 Å². The molecule has 0 bridgehead atoms. The number of nitrogens with one attached hydrogen (secondary N) is 1. The molecule has 0 amide bonds. The minimum Gasteiger partial charge on any atom is -0.493 e. The molecule has 1 N–H and O–H groups in total. The summed E-state index contributed by atoms with van der Waals surface area (Å²) in [6, 6.07) is 13.0. The van der Waals surface area contributed by atoms with Crippen LogP contribution in [0.2, 0.25) is 0 Å². The van der Waals surface area contributed by atoms with Crippen LogP contribution in [0.15, 0.2) is 24.3 Å². The van der Waals surface area contributed by atoms with Gasteiger partial charge in [0.15, 0.2) is 17.3 Å². The maximum Gasteiger partial charge on any atom is 0.196 e. The van der Waals surface area contributed by atoms with Crippen molar-refractivity contribution in [3.63, 3.8) is 0 Å². The van der Waals surface area contributed by atoms with Gasteiger partial charge in [-0.05, 0) is 61.9 Å². The summed E-state index contributed by atoms with van der Waals surface area (Å²) < 4.78 is 25.1. The number of pyridine rings is 1. The van der Waals surface area contributed by atoms with E-state index in [4.69, 9.17) is 14.5 Å². The van der Waals surface area contributed by atoms with Crippen molar-refractivity contribution >= 4 is 22.3 Å². The van der Waals surface area contributed by atoms with E-state index in [0.29, 0.717) is 23.2 Å². The van der Waals surface area contributed by atoms with Gasteiger partial charge in [0.1, 0.15) is 0 Å². The number of aromatic nitrogens is 1. The van der Waals surface area contributed by atoms with Gasteiger partial charge in [0.05, 0.1) is 25.4 Å². The minimum atomic E-state index is -0.326. The monoisotopic (exact) mass is 419 g/mol. The van der Waals surface area contributed by atoms with Crippen molar-refractivity contribution in [3.8, 4) is 11.5 Å². The Morgan fingerprint density at radius 2 is 1.90 bits per heavy atom. The summed E-state index contributed by atoms with van der Waals surface area (Å²) in [5.74, 6) is 1.08. The second kappa shape index (κ2) is 8.14. The fraction of sp³-hybridized carbons (Fsp3) is 0.400. The number of anilines is 2. The Morgan fingerprint density at radius 1 is 1.13 bits per heavy atom. The van der Waals surface area contributed by atoms with Gasteiger partial charge in [-0.25, -0.2) is 0 Å². The molecular formula is C25H26FN3O2. The number of piperidine rings is 1. The topological polar surface area (TPSA) is 46.6 Å². The van der Waals surface area contributed by atoms with E-state index in [2.05, 4.69) is 22.3 Å². The highest BCUT2D eigenvalue weighted by molar-refractivity contribution is 5.96. The van der Waals surface area contributed by atoms with Crippen LogP contribution in [-0.2, 0) is 12.8 Å². The Kier molecular flexibility index (Phi) is 5.19. The average Bonchev–Trinajstić information content (AvgIpc) is 3.27. The zero-order valence-corrected chi connectivity index (χ0v) is 17.9. The number of aryl methyl sites for hydroxylation is 1. The highest BCUT2D eigenvalue weighted by Crippen LogP contribution is 2.40. The molecule has 0 unspecified atom stereocenters. The van der Waals surface area contributed by atoms with Crippen LogP contribution in [0.5, 0.6) is 11.5 Å². The van der Waals surface area contributed by atoms with Crippen molar-refractivity contribution in [3.05, 3.63) is 53.5 Å². The van der Waals surface area contributed by atoms with Crippen LogP contribution < -0.4 is 19.7 Å². The standard InChI is InChI=1S/C25H26FN3O2/c1-30-23-14-18-21(15-24(23)31-2)28-20-8-5-6-17(20)25(18)27-16-10-12-29(13-11-16)22-9-4-3-7-19(22)26/h4,9,14-16H,5-6,8,10-13H2,1-2H3,(H,27,28). The fourth-order valence-corrected chi connectivity index (χ4v) is 4.83. The number of nitrogens with zero attached hydrogens (tertiary/aromatic N) is 2. The van der Waals surface area contributed by atoms with Crippen LogP contribution in [-0.4, -0.2) is 38.3 Å². The van der Waals surface area contributed by atoms with Crippen LogP contribution in [0.3, 0.4) is 0 Å². The van der Waals surface area contributed by atoms with E-state index < -0.39 is 0 Å². The molecule has 5 rings (SSSR count). The molecule has 2 aliphatic rings. The van der Waals surface area contributed by atoms with Gasteiger partial charge in [0.25, 0.3) is 0 Å². The third-order valence-corrected chi connectivity index (χ3v) is 6.43. The molecule has 0 spiro atoms. The number of hydrogen-bond donors (Lipinski definition) is 1. The molecular weight excluding hydrogens is 393 g/mol.